The van der Waals surface area contributed by atoms with E-state index >= 15 is 0 Å². The lowest BCUT2D eigenvalue weighted by molar-refractivity contribution is -0.388. The quantitative estimate of drug-likeness (QED) is 0.652. The standard InChI is InChI=1S/C10H9F3N2O4/c1-5(9(16)17)14-6-2-3-8(15(18)19)7(4-6)10(11,12)13/h2-5,14H,1H3,(H,16,17)/t5-/m1/s1. The number of nitro benzene ring substituents is 1. The summed E-state index contributed by atoms with van der Waals surface area (Å²) in [6.07, 6.45) is -4.90. The van der Waals surface area contributed by atoms with Gasteiger partial charge in [-0.1, -0.05) is 0 Å². The summed E-state index contributed by atoms with van der Waals surface area (Å²) in [6, 6.07) is 1.09. The van der Waals surface area contributed by atoms with Gasteiger partial charge in [-0.2, -0.15) is 13.2 Å². The first kappa shape index (κ1) is 14.7. The maximum atomic E-state index is 12.6. The molecular weight excluding hydrogens is 269 g/mol. The lowest BCUT2D eigenvalue weighted by atomic mass is 10.1. The first-order valence-corrected chi connectivity index (χ1v) is 4.98. The van der Waals surface area contributed by atoms with Gasteiger partial charge in [0.1, 0.15) is 11.6 Å². The molecule has 9 heteroatoms. The van der Waals surface area contributed by atoms with Crippen LogP contribution in [0.25, 0.3) is 0 Å². The van der Waals surface area contributed by atoms with E-state index in [0.717, 1.165) is 6.07 Å². The topological polar surface area (TPSA) is 92.5 Å². The number of halogens is 3. The van der Waals surface area contributed by atoms with Gasteiger partial charge in [-0.25, -0.2) is 0 Å². The number of hydrogen-bond acceptors (Lipinski definition) is 4. The van der Waals surface area contributed by atoms with E-state index in [1.54, 1.807) is 0 Å². The Morgan fingerprint density at radius 1 is 1.47 bits per heavy atom. The van der Waals surface area contributed by atoms with Crippen molar-refractivity contribution in [3.63, 3.8) is 0 Å². The molecule has 0 aliphatic carbocycles. The predicted molar refractivity (Wildman–Crippen MR) is 58.8 cm³/mol. The minimum atomic E-state index is -4.90. The van der Waals surface area contributed by atoms with Crippen molar-refractivity contribution in [3.05, 3.63) is 33.9 Å². The Morgan fingerprint density at radius 2 is 2.05 bits per heavy atom. The number of nitrogens with one attached hydrogen (secondary N) is 1. The zero-order valence-corrected chi connectivity index (χ0v) is 9.56. The molecule has 1 aromatic carbocycles. The molecule has 104 valence electrons. The van der Waals surface area contributed by atoms with Crippen molar-refractivity contribution >= 4 is 17.3 Å². The number of anilines is 1. The molecule has 0 saturated heterocycles. The Bertz CT molecular complexity index is 516. The Labute approximate surface area is 105 Å². The van der Waals surface area contributed by atoms with Crippen LogP contribution in [0.2, 0.25) is 0 Å². The minimum absolute atomic E-state index is 0.159. The molecule has 0 amide bonds. The lowest BCUT2D eigenvalue weighted by Crippen LogP contribution is -2.25. The number of nitro groups is 1. The highest BCUT2D eigenvalue weighted by molar-refractivity contribution is 5.77. The number of hydrogen-bond donors (Lipinski definition) is 2. The van der Waals surface area contributed by atoms with Crippen molar-refractivity contribution in [3.8, 4) is 0 Å². The SMILES string of the molecule is C[C@@H](Nc1ccc([N+](=O)[O-])c(C(F)(F)F)c1)C(=O)O. The fourth-order valence-electron chi connectivity index (χ4n) is 1.32. The van der Waals surface area contributed by atoms with Crippen molar-refractivity contribution in [2.45, 2.75) is 19.1 Å². The Hall–Kier alpha value is -2.32. The number of alkyl halides is 3. The number of carboxylic acid groups (broad SMARTS) is 1. The van der Waals surface area contributed by atoms with Gasteiger partial charge in [-0.3, -0.25) is 14.9 Å². The van der Waals surface area contributed by atoms with Crippen molar-refractivity contribution in [2.24, 2.45) is 0 Å². The molecule has 6 nitrogen and oxygen atoms in total. The highest BCUT2D eigenvalue weighted by Gasteiger charge is 2.38. The van der Waals surface area contributed by atoms with Crippen molar-refractivity contribution in [1.29, 1.82) is 0 Å². The van der Waals surface area contributed by atoms with E-state index in [4.69, 9.17) is 5.11 Å². The number of nitrogens with zero attached hydrogens (tertiary/aromatic N) is 1. The summed E-state index contributed by atoms with van der Waals surface area (Å²) >= 11 is 0. The molecule has 0 bridgehead atoms. The molecular formula is C10H9F3N2O4. The van der Waals surface area contributed by atoms with E-state index in [2.05, 4.69) is 5.32 Å². The van der Waals surface area contributed by atoms with Gasteiger partial charge in [0.15, 0.2) is 0 Å². The first-order chi connectivity index (χ1) is 8.62. The molecule has 1 aromatic rings. The van der Waals surface area contributed by atoms with Gasteiger partial charge in [0, 0.05) is 11.8 Å². The summed E-state index contributed by atoms with van der Waals surface area (Å²) in [5.41, 5.74) is -2.67. The summed E-state index contributed by atoms with van der Waals surface area (Å²) in [5, 5.41) is 21.4. The maximum Gasteiger partial charge on any atom is 0.423 e. The number of rotatable bonds is 4. The zero-order chi connectivity index (χ0) is 14.8. The van der Waals surface area contributed by atoms with E-state index < -0.39 is 34.4 Å². The van der Waals surface area contributed by atoms with Gasteiger partial charge >= 0.3 is 12.1 Å². The van der Waals surface area contributed by atoms with Crippen molar-refractivity contribution in [2.75, 3.05) is 5.32 Å². The number of carboxylic acids is 1. The van der Waals surface area contributed by atoms with Crippen LogP contribution in [0.15, 0.2) is 18.2 Å². The summed E-state index contributed by atoms with van der Waals surface area (Å²) in [4.78, 5) is 19.9. The molecule has 0 fully saturated rings. The number of carbonyl (C=O) groups is 1. The van der Waals surface area contributed by atoms with E-state index in [1.807, 2.05) is 0 Å². The van der Waals surface area contributed by atoms with Crippen LogP contribution >= 0.6 is 0 Å². The van der Waals surface area contributed by atoms with Crippen molar-refractivity contribution in [1.82, 2.24) is 0 Å². The molecule has 0 aromatic heterocycles. The van der Waals surface area contributed by atoms with Crippen LogP contribution in [0.1, 0.15) is 12.5 Å². The van der Waals surface area contributed by atoms with Crippen LogP contribution in [-0.2, 0) is 11.0 Å². The lowest BCUT2D eigenvalue weighted by Gasteiger charge is -2.13. The largest absolute Gasteiger partial charge is 0.480 e. The fraction of sp³-hybridized carbons (Fsp3) is 0.300. The second-order valence-electron chi connectivity index (χ2n) is 3.69. The van der Waals surface area contributed by atoms with Crippen LogP contribution < -0.4 is 5.32 Å². The summed E-state index contributed by atoms with van der Waals surface area (Å²) < 4.78 is 37.9. The van der Waals surface area contributed by atoms with E-state index in [9.17, 15) is 28.1 Å². The molecule has 0 heterocycles. The van der Waals surface area contributed by atoms with Crippen molar-refractivity contribution < 1.29 is 28.0 Å². The summed E-state index contributed by atoms with van der Waals surface area (Å²) in [7, 11) is 0. The molecule has 2 N–H and O–H groups in total. The second kappa shape index (κ2) is 5.12. The molecule has 0 aliphatic heterocycles. The second-order valence-corrected chi connectivity index (χ2v) is 3.69. The molecule has 0 unspecified atom stereocenters. The Kier molecular flexibility index (Phi) is 3.98. The smallest absolute Gasteiger partial charge is 0.423 e. The molecule has 0 radical (unpaired) electrons. The molecule has 1 atom stereocenters. The average Bonchev–Trinajstić information content (AvgIpc) is 2.27. The third kappa shape index (κ3) is 3.57. The summed E-state index contributed by atoms with van der Waals surface area (Å²) in [5.74, 6) is -1.26. The molecule has 1 rings (SSSR count). The third-order valence-electron chi connectivity index (χ3n) is 2.25. The first-order valence-electron chi connectivity index (χ1n) is 4.98. The third-order valence-corrected chi connectivity index (χ3v) is 2.25. The van der Waals surface area contributed by atoms with Crippen LogP contribution in [-0.4, -0.2) is 22.0 Å². The van der Waals surface area contributed by atoms with E-state index in [-0.39, 0.29) is 5.69 Å². The van der Waals surface area contributed by atoms with Gasteiger partial charge in [-0.05, 0) is 19.1 Å². The Balaban J connectivity index is 3.19. The van der Waals surface area contributed by atoms with Gasteiger partial charge < -0.3 is 10.4 Å². The Morgan fingerprint density at radius 3 is 2.47 bits per heavy atom. The number of benzene rings is 1. The van der Waals surface area contributed by atoms with E-state index in [0.29, 0.717) is 12.1 Å². The van der Waals surface area contributed by atoms with Gasteiger partial charge in [0.05, 0.1) is 4.92 Å². The summed E-state index contributed by atoms with van der Waals surface area (Å²) in [6.45, 7) is 1.23. The zero-order valence-electron chi connectivity index (χ0n) is 9.56. The monoisotopic (exact) mass is 278 g/mol. The molecule has 0 aliphatic rings. The normalized spacial score (nSPS) is 12.8. The fourth-order valence-corrected chi connectivity index (χ4v) is 1.32. The predicted octanol–water partition coefficient (Wildman–Crippen LogP) is 2.50. The van der Waals surface area contributed by atoms with Crippen LogP contribution in [0.3, 0.4) is 0 Å². The maximum absolute atomic E-state index is 12.6. The average molecular weight is 278 g/mol. The van der Waals surface area contributed by atoms with Crippen LogP contribution in [0.4, 0.5) is 24.5 Å². The highest BCUT2D eigenvalue weighted by Crippen LogP contribution is 2.37. The van der Waals surface area contributed by atoms with Gasteiger partial charge in [-0.15, -0.1) is 0 Å². The van der Waals surface area contributed by atoms with Gasteiger partial charge in [0.2, 0.25) is 0 Å². The molecule has 19 heavy (non-hydrogen) atoms. The minimum Gasteiger partial charge on any atom is -0.480 e. The molecule has 0 saturated carbocycles. The van der Waals surface area contributed by atoms with Crippen LogP contribution in [0.5, 0.6) is 0 Å². The highest BCUT2D eigenvalue weighted by atomic mass is 19.4. The molecule has 0 spiro atoms. The van der Waals surface area contributed by atoms with Crippen LogP contribution in [0, 0.1) is 10.1 Å². The van der Waals surface area contributed by atoms with Gasteiger partial charge in [0.25, 0.3) is 5.69 Å². The number of aliphatic carboxylic acids is 1. The van der Waals surface area contributed by atoms with E-state index in [1.165, 1.54) is 6.92 Å².